The number of aromatic amines is 1. The minimum Gasteiger partial charge on any atom is -0.348 e. The van der Waals surface area contributed by atoms with Gasteiger partial charge >= 0.3 is 6.68 Å². The third-order valence-corrected chi connectivity index (χ3v) is 1.38. The first-order chi connectivity index (χ1) is 7.10. The van der Waals surface area contributed by atoms with Gasteiger partial charge in [0, 0.05) is 19.0 Å². The number of rotatable bonds is 4. The van der Waals surface area contributed by atoms with Gasteiger partial charge in [-0.2, -0.15) is 13.2 Å². The molecule has 0 saturated heterocycles. The van der Waals surface area contributed by atoms with Gasteiger partial charge in [0.1, 0.15) is 5.82 Å². The van der Waals surface area contributed by atoms with E-state index in [4.69, 9.17) is 0 Å². The van der Waals surface area contributed by atoms with E-state index >= 15 is 0 Å². The second-order valence-corrected chi connectivity index (χ2v) is 2.57. The van der Waals surface area contributed by atoms with E-state index in [0.717, 1.165) is 24.4 Å². The first-order valence-electron chi connectivity index (χ1n) is 4.27. The SMILES string of the molecule is C=CCc1c[nH]c(CC=C)n1.FC(F)F. The Balaban J connectivity index is 0.000000423. The van der Waals surface area contributed by atoms with Gasteiger partial charge in [-0.1, -0.05) is 12.2 Å². The molecular formula is C10H13F3N2. The van der Waals surface area contributed by atoms with Gasteiger partial charge in [-0.25, -0.2) is 4.98 Å². The molecule has 0 aliphatic rings. The van der Waals surface area contributed by atoms with Crippen molar-refractivity contribution in [1.29, 1.82) is 0 Å². The van der Waals surface area contributed by atoms with E-state index in [2.05, 4.69) is 23.1 Å². The lowest BCUT2D eigenvalue weighted by Gasteiger charge is -1.85. The summed E-state index contributed by atoms with van der Waals surface area (Å²) < 4.78 is 29.0. The first-order valence-corrected chi connectivity index (χ1v) is 4.27. The first kappa shape index (κ1) is 13.5. The molecule has 1 heterocycles. The van der Waals surface area contributed by atoms with Gasteiger partial charge in [-0.05, 0) is 0 Å². The van der Waals surface area contributed by atoms with Crippen LogP contribution in [0, 0.1) is 0 Å². The summed E-state index contributed by atoms with van der Waals surface area (Å²) in [6.45, 7) is 3.60. The van der Waals surface area contributed by atoms with Crippen LogP contribution in [0.15, 0.2) is 31.5 Å². The topological polar surface area (TPSA) is 28.7 Å². The number of aromatic nitrogens is 2. The minimum atomic E-state index is -3.67. The summed E-state index contributed by atoms with van der Waals surface area (Å²) >= 11 is 0. The quantitative estimate of drug-likeness (QED) is 0.773. The van der Waals surface area contributed by atoms with Crippen LogP contribution in [0.25, 0.3) is 0 Å². The molecule has 0 fully saturated rings. The predicted octanol–water partition coefficient (Wildman–Crippen LogP) is 3.05. The highest BCUT2D eigenvalue weighted by atomic mass is 19.4. The van der Waals surface area contributed by atoms with Gasteiger partial charge in [0.25, 0.3) is 0 Å². The number of hydrogen-bond acceptors (Lipinski definition) is 1. The molecule has 1 aromatic heterocycles. The number of imidazole rings is 1. The van der Waals surface area contributed by atoms with Crippen molar-refractivity contribution >= 4 is 0 Å². The molecule has 0 atom stereocenters. The van der Waals surface area contributed by atoms with Gasteiger partial charge in [0.05, 0.1) is 5.69 Å². The van der Waals surface area contributed by atoms with Gasteiger partial charge in [0.15, 0.2) is 0 Å². The molecule has 0 amide bonds. The predicted molar refractivity (Wildman–Crippen MR) is 53.5 cm³/mol. The maximum Gasteiger partial charge on any atom is 0.379 e. The Morgan fingerprint density at radius 3 is 2.27 bits per heavy atom. The van der Waals surface area contributed by atoms with Crippen molar-refractivity contribution in [1.82, 2.24) is 9.97 Å². The monoisotopic (exact) mass is 218 g/mol. The number of nitrogens with one attached hydrogen (secondary N) is 1. The van der Waals surface area contributed by atoms with Gasteiger partial charge in [-0.3, -0.25) is 0 Å². The van der Waals surface area contributed by atoms with E-state index in [1.165, 1.54) is 0 Å². The fraction of sp³-hybridized carbons (Fsp3) is 0.300. The lowest BCUT2D eigenvalue weighted by atomic mass is 10.3. The number of nitrogens with zero attached hydrogens (tertiary/aromatic N) is 1. The van der Waals surface area contributed by atoms with E-state index in [-0.39, 0.29) is 0 Å². The van der Waals surface area contributed by atoms with Crippen LogP contribution in [0.2, 0.25) is 0 Å². The van der Waals surface area contributed by atoms with Crippen molar-refractivity contribution < 1.29 is 13.2 Å². The molecule has 1 aromatic rings. The smallest absolute Gasteiger partial charge is 0.348 e. The highest BCUT2D eigenvalue weighted by molar-refractivity contribution is 5.06. The molecule has 2 nitrogen and oxygen atoms in total. The Morgan fingerprint density at radius 2 is 1.80 bits per heavy atom. The Kier molecular flexibility index (Phi) is 7.05. The van der Waals surface area contributed by atoms with Crippen molar-refractivity contribution in [3.8, 4) is 0 Å². The van der Waals surface area contributed by atoms with Gasteiger partial charge < -0.3 is 4.98 Å². The molecule has 0 aliphatic carbocycles. The fourth-order valence-electron chi connectivity index (χ4n) is 0.898. The summed E-state index contributed by atoms with van der Waals surface area (Å²) in [5, 5.41) is 0. The lowest BCUT2D eigenvalue weighted by Crippen LogP contribution is -1.84. The van der Waals surface area contributed by atoms with Crippen LogP contribution in [0.5, 0.6) is 0 Å². The second-order valence-electron chi connectivity index (χ2n) is 2.57. The van der Waals surface area contributed by atoms with Crippen LogP contribution in [0.1, 0.15) is 11.5 Å². The molecular weight excluding hydrogens is 205 g/mol. The van der Waals surface area contributed by atoms with Crippen LogP contribution >= 0.6 is 0 Å². The molecule has 0 aliphatic heterocycles. The summed E-state index contributed by atoms with van der Waals surface area (Å²) in [7, 11) is 0. The molecule has 15 heavy (non-hydrogen) atoms. The summed E-state index contributed by atoms with van der Waals surface area (Å²) in [6, 6.07) is 0. The van der Waals surface area contributed by atoms with Crippen LogP contribution < -0.4 is 0 Å². The summed E-state index contributed by atoms with van der Waals surface area (Å²) in [6.07, 6.45) is 7.20. The van der Waals surface area contributed by atoms with Crippen molar-refractivity contribution in [3.63, 3.8) is 0 Å². The highest BCUT2D eigenvalue weighted by Gasteiger charge is 1.95. The van der Waals surface area contributed by atoms with Crippen LogP contribution in [-0.4, -0.2) is 16.6 Å². The van der Waals surface area contributed by atoms with Crippen LogP contribution in [0.3, 0.4) is 0 Å². The van der Waals surface area contributed by atoms with Gasteiger partial charge in [-0.15, -0.1) is 13.2 Å². The van der Waals surface area contributed by atoms with E-state index < -0.39 is 6.68 Å². The zero-order valence-electron chi connectivity index (χ0n) is 8.22. The van der Waals surface area contributed by atoms with E-state index in [9.17, 15) is 13.2 Å². The second kappa shape index (κ2) is 7.84. The standard InChI is InChI=1S/C9H12N2.CHF3/c1-3-5-8-7-10-9(11-8)6-4-2;2-1(3)4/h3-4,7H,1-2,5-6H2,(H,10,11);1H. The lowest BCUT2D eigenvalue weighted by molar-refractivity contribution is 0.00819. The normalized spacial score (nSPS) is 9.33. The molecule has 0 saturated carbocycles. The fourth-order valence-corrected chi connectivity index (χ4v) is 0.898. The van der Waals surface area contributed by atoms with Gasteiger partial charge in [0.2, 0.25) is 0 Å². The van der Waals surface area contributed by atoms with Crippen molar-refractivity contribution in [2.24, 2.45) is 0 Å². The third kappa shape index (κ3) is 7.54. The Bertz CT molecular complexity index is 267. The molecule has 0 unspecified atom stereocenters. The maximum absolute atomic E-state index is 9.67. The van der Waals surface area contributed by atoms with Crippen molar-refractivity contribution in [2.75, 3.05) is 0 Å². The molecule has 0 bridgehead atoms. The van der Waals surface area contributed by atoms with Crippen molar-refractivity contribution in [3.05, 3.63) is 43.0 Å². The van der Waals surface area contributed by atoms with Crippen molar-refractivity contribution in [2.45, 2.75) is 19.5 Å². The zero-order valence-corrected chi connectivity index (χ0v) is 8.22. The maximum atomic E-state index is 9.67. The molecule has 0 aromatic carbocycles. The number of hydrogen-bond donors (Lipinski definition) is 1. The Hall–Kier alpha value is -1.52. The number of alkyl halides is 3. The molecule has 0 radical (unpaired) electrons. The number of H-pyrrole nitrogens is 1. The molecule has 1 rings (SSSR count). The highest BCUT2D eigenvalue weighted by Crippen LogP contribution is 1.99. The molecule has 0 spiro atoms. The minimum absolute atomic E-state index is 0.803. The average Bonchev–Trinajstić information content (AvgIpc) is 2.53. The largest absolute Gasteiger partial charge is 0.379 e. The average molecular weight is 218 g/mol. The van der Waals surface area contributed by atoms with E-state index in [0.29, 0.717) is 0 Å². The summed E-state index contributed by atoms with van der Waals surface area (Å²) in [5.41, 5.74) is 1.04. The summed E-state index contributed by atoms with van der Waals surface area (Å²) in [5.74, 6) is 0.969. The van der Waals surface area contributed by atoms with E-state index in [1.54, 1.807) is 0 Å². The number of allylic oxidation sites excluding steroid dienone is 2. The Labute approximate surface area is 86.5 Å². The number of halogens is 3. The summed E-state index contributed by atoms with van der Waals surface area (Å²) in [4.78, 5) is 7.35. The molecule has 84 valence electrons. The molecule has 1 N–H and O–H groups in total. The van der Waals surface area contributed by atoms with Crippen LogP contribution in [-0.2, 0) is 12.8 Å². The molecule has 5 heteroatoms. The zero-order chi connectivity index (χ0) is 11.7. The van der Waals surface area contributed by atoms with E-state index in [1.807, 2.05) is 18.3 Å². The third-order valence-electron chi connectivity index (χ3n) is 1.38. The van der Waals surface area contributed by atoms with Crippen LogP contribution in [0.4, 0.5) is 13.2 Å². The Morgan fingerprint density at radius 1 is 1.27 bits per heavy atom.